The molecular weight excluding hydrogens is 555 g/mol. The van der Waals surface area contributed by atoms with Crippen molar-refractivity contribution in [2.45, 2.75) is 26.7 Å². The number of allylic oxidation sites excluding steroid dienone is 1. The number of nitrogens with zero attached hydrogens (tertiary/aromatic N) is 2. The minimum absolute atomic E-state index is 0.178. The standard InChI is InChI=1S/C36H35N2O4P/c1-4-41-35(39)31-26(3)37-34(33(36(40)42-5-2)32(31)27-18-10-6-11-19-27)38-43(28-20-12-7-13-21-28,29-22-14-8-15-23-29)30-24-16-9-17-25-30/h6-25,32-33H,4-5H2,1-3H3. The highest BCUT2D eigenvalue weighted by Crippen LogP contribution is 2.49. The normalized spacial score (nSPS) is 16.7. The maximum atomic E-state index is 14.0. The van der Waals surface area contributed by atoms with Gasteiger partial charge in [-0.3, -0.25) is 4.79 Å². The second-order valence-electron chi connectivity index (χ2n) is 10.0. The van der Waals surface area contributed by atoms with Crippen LogP contribution in [-0.4, -0.2) is 31.0 Å². The van der Waals surface area contributed by atoms with Crippen molar-refractivity contribution in [1.82, 2.24) is 0 Å². The van der Waals surface area contributed by atoms with E-state index in [0.717, 1.165) is 21.5 Å². The summed E-state index contributed by atoms with van der Waals surface area (Å²) in [5.41, 5.74) is 1.60. The fourth-order valence-corrected chi connectivity index (χ4v) is 9.14. The zero-order valence-corrected chi connectivity index (χ0v) is 25.5. The maximum absolute atomic E-state index is 14.0. The molecular formula is C36H35N2O4P. The van der Waals surface area contributed by atoms with Crippen molar-refractivity contribution in [3.63, 3.8) is 0 Å². The van der Waals surface area contributed by atoms with Crippen LogP contribution in [0.2, 0.25) is 0 Å². The van der Waals surface area contributed by atoms with E-state index in [2.05, 4.69) is 36.4 Å². The molecule has 4 aromatic carbocycles. The van der Waals surface area contributed by atoms with Crippen LogP contribution < -0.4 is 15.9 Å². The first kappa shape index (κ1) is 29.9. The van der Waals surface area contributed by atoms with E-state index in [4.69, 9.17) is 19.2 Å². The molecule has 43 heavy (non-hydrogen) atoms. The van der Waals surface area contributed by atoms with Crippen molar-refractivity contribution < 1.29 is 19.1 Å². The highest BCUT2D eigenvalue weighted by atomic mass is 31.2. The summed E-state index contributed by atoms with van der Waals surface area (Å²) in [5.74, 6) is -2.31. The lowest BCUT2D eigenvalue weighted by Crippen LogP contribution is -2.38. The predicted molar refractivity (Wildman–Crippen MR) is 174 cm³/mol. The van der Waals surface area contributed by atoms with Crippen LogP contribution in [0.15, 0.2) is 142 Å². The van der Waals surface area contributed by atoms with Gasteiger partial charge in [-0.25, -0.2) is 14.5 Å². The third-order valence-electron chi connectivity index (χ3n) is 7.43. The van der Waals surface area contributed by atoms with E-state index in [-0.39, 0.29) is 13.2 Å². The molecule has 0 aromatic heterocycles. The zero-order valence-electron chi connectivity index (χ0n) is 24.6. The van der Waals surface area contributed by atoms with Crippen molar-refractivity contribution in [1.29, 1.82) is 0 Å². The molecule has 0 amide bonds. The van der Waals surface area contributed by atoms with Gasteiger partial charge in [-0.2, -0.15) is 0 Å². The second-order valence-corrected chi connectivity index (χ2v) is 13.1. The summed E-state index contributed by atoms with van der Waals surface area (Å²) in [6.45, 7) is 5.70. The molecule has 0 saturated carbocycles. The molecule has 0 aliphatic carbocycles. The van der Waals surface area contributed by atoms with Crippen molar-refractivity contribution in [3.8, 4) is 0 Å². The molecule has 6 nitrogen and oxygen atoms in total. The van der Waals surface area contributed by atoms with Gasteiger partial charge in [0.2, 0.25) is 0 Å². The Morgan fingerprint density at radius 3 is 1.58 bits per heavy atom. The molecule has 7 heteroatoms. The first-order valence-corrected chi connectivity index (χ1v) is 16.2. The summed E-state index contributed by atoms with van der Waals surface area (Å²) < 4.78 is 16.8. The molecule has 0 radical (unpaired) electrons. The number of ether oxygens (including phenoxy) is 2. The van der Waals surface area contributed by atoms with E-state index in [1.807, 2.05) is 84.9 Å². The molecule has 1 aliphatic rings. The number of carbonyl (C=O) groups excluding carboxylic acids is 2. The van der Waals surface area contributed by atoms with E-state index in [1.54, 1.807) is 20.8 Å². The Morgan fingerprint density at radius 2 is 1.14 bits per heavy atom. The van der Waals surface area contributed by atoms with Crippen LogP contribution in [0.4, 0.5) is 0 Å². The first-order chi connectivity index (χ1) is 21.0. The first-order valence-electron chi connectivity index (χ1n) is 14.5. The molecule has 2 unspecified atom stereocenters. The average molecular weight is 591 g/mol. The van der Waals surface area contributed by atoms with Crippen molar-refractivity contribution in [2.75, 3.05) is 13.2 Å². The molecule has 0 N–H and O–H groups in total. The van der Waals surface area contributed by atoms with Crippen molar-refractivity contribution in [2.24, 2.45) is 15.7 Å². The predicted octanol–water partition coefficient (Wildman–Crippen LogP) is 6.38. The number of hydrogen-bond donors (Lipinski definition) is 0. The van der Waals surface area contributed by atoms with Crippen LogP contribution in [0.25, 0.3) is 0 Å². The minimum atomic E-state index is -2.77. The molecule has 5 rings (SSSR count). The van der Waals surface area contributed by atoms with E-state index in [1.165, 1.54) is 0 Å². The smallest absolute Gasteiger partial charge is 0.336 e. The van der Waals surface area contributed by atoms with Crippen molar-refractivity contribution >= 4 is 40.7 Å². The molecule has 0 fully saturated rings. The molecule has 4 aromatic rings. The summed E-state index contributed by atoms with van der Waals surface area (Å²) in [6, 6.07) is 40.0. The zero-order chi connectivity index (χ0) is 30.2. The molecule has 0 saturated heterocycles. The van der Waals surface area contributed by atoms with Gasteiger partial charge >= 0.3 is 11.9 Å². The molecule has 1 heterocycles. The number of aliphatic imine (C=N–C) groups is 1. The number of esters is 2. The average Bonchev–Trinajstić information content (AvgIpc) is 3.05. The highest BCUT2D eigenvalue weighted by molar-refractivity contribution is 7.87. The Labute approximate surface area is 253 Å². The fourth-order valence-electron chi connectivity index (χ4n) is 5.61. The highest BCUT2D eigenvalue weighted by Gasteiger charge is 2.45. The van der Waals surface area contributed by atoms with E-state index < -0.39 is 30.8 Å². The van der Waals surface area contributed by atoms with E-state index in [0.29, 0.717) is 17.1 Å². The summed E-state index contributed by atoms with van der Waals surface area (Å²) >= 11 is 0. The van der Waals surface area contributed by atoms with E-state index in [9.17, 15) is 9.59 Å². The van der Waals surface area contributed by atoms with Gasteiger partial charge in [-0.15, -0.1) is 0 Å². The lowest BCUT2D eigenvalue weighted by molar-refractivity contribution is -0.146. The van der Waals surface area contributed by atoms with Crippen LogP contribution in [0.5, 0.6) is 0 Å². The molecule has 1 aliphatic heterocycles. The van der Waals surface area contributed by atoms with Gasteiger partial charge in [0.15, 0.2) is 0 Å². The summed E-state index contributed by atoms with van der Waals surface area (Å²) in [4.78, 5) is 32.4. The van der Waals surface area contributed by atoms with Crippen LogP contribution in [0, 0.1) is 5.92 Å². The van der Waals surface area contributed by atoms with E-state index >= 15 is 0 Å². The second kappa shape index (κ2) is 13.6. The third kappa shape index (κ3) is 6.02. The fraction of sp³-hybridized carbons (Fsp3) is 0.194. The lowest BCUT2D eigenvalue weighted by Gasteiger charge is -2.33. The SMILES string of the molecule is CCOC(=O)C1=C(C)N=C(N=P(c2ccccc2)(c2ccccc2)c2ccccc2)C(C(=O)OCC)C1c1ccccc1. The summed E-state index contributed by atoms with van der Waals surface area (Å²) in [7, 11) is -2.77. The number of rotatable bonds is 8. The van der Waals surface area contributed by atoms with Crippen molar-refractivity contribution in [3.05, 3.63) is 138 Å². The van der Waals surface area contributed by atoms with Gasteiger partial charge in [-0.1, -0.05) is 121 Å². The Hall–Kier alpha value is -4.54. The van der Waals surface area contributed by atoms with Crippen LogP contribution >= 0.6 is 7.05 Å². The van der Waals surface area contributed by atoms with Gasteiger partial charge < -0.3 is 9.47 Å². The van der Waals surface area contributed by atoms with Crippen LogP contribution in [0.3, 0.4) is 0 Å². The van der Waals surface area contributed by atoms with Gasteiger partial charge in [0.25, 0.3) is 0 Å². The Bertz CT molecular complexity index is 1580. The largest absolute Gasteiger partial charge is 0.465 e. The lowest BCUT2D eigenvalue weighted by atomic mass is 9.77. The molecule has 218 valence electrons. The summed E-state index contributed by atoms with van der Waals surface area (Å²) in [6.07, 6.45) is 0. The summed E-state index contributed by atoms with van der Waals surface area (Å²) in [5, 5.41) is 3.06. The minimum Gasteiger partial charge on any atom is -0.465 e. The third-order valence-corrected chi connectivity index (χ3v) is 11.1. The van der Waals surface area contributed by atoms with Crippen LogP contribution in [-0.2, 0) is 19.1 Å². The number of benzene rings is 4. The monoisotopic (exact) mass is 590 g/mol. The number of hydrogen-bond acceptors (Lipinski definition) is 6. The molecule has 0 bridgehead atoms. The van der Waals surface area contributed by atoms with Gasteiger partial charge in [-0.05, 0) is 26.3 Å². The molecule has 0 spiro atoms. The quantitative estimate of drug-likeness (QED) is 0.176. The number of amidine groups is 1. The number of carbonyl (C=O) groups is 2. The van der Waals surface area contributed by atoms with Gasteiger partial charge in [0.05, 0.1) is 31.5 Å². The topological polar surface area (TPSA) is 77.3 Å². The van der Waals surface area contributed by atoms with Crippen LogP contribution in [0.1, 0.15) is 32.3 Å². The van der Waals surface area contributed by atoms with Gasteiger partial charge in [0.1, 0.15) is 11.8 Å². The molecule has 2 atom stereocenters. The Balaban J connectivity index is 1.90. The van der Waals surface area contributed by atoms with Gasteiger partial charge in [0, 0.05) is 21.8 Å². The Kier molecular flexibility index (Phi) is 9.48. The maximum Gasteiger partial charge on any atom is 0.336 e. The Morgan fingerprint density at radius 1 is 0.698 bits per heavy atom.